The lowest BCUT2D eigenvalue weighted by atomic mass is 10.1. The second-order valence-electron chi connectivity index (χ2n) is 7.36. The highest BCUT2D eigenvalue weighted by Crippen LogP contribution is 2.28. The Morgan fingerprint density at radius 2 is 1.94 bits per heavy atom. The van der Waals surface area contributed by atoms with Gasteiger partial charge >= 0.3 is 5.97 Å². The Bertz CT molecular complexity index is 1390. The van der Waals surface area contributed by atoms with Crippen molar-refractivity contribution in [2.45, 2.75) is 13.1 Å². The third kappa shape index (κ3) is 5.39. The van der Waals surface area contributed by atoms with Crippen molar-refractivity contribution >= 4 is 34.5 Å². The number of aromatic nitrogens is 4. The molecule has 178 valence electrons. The number of carbonyl (C=O) groups excluding carboxylic acids is 2. The molecule has 12 heteroatoms. The van der Waals surface area contributed by atoms with Crippen molar-refractivity contribution in [3.63, 3.8) is 0 Å². The van der Waals surface area contributed by atoms with E-state index < -0.39 is 11.9 Å². The van der Waals surface area contributed by atoms with Crippen molar-refractivity contribution in [1.29, 1.82) is 0 Å². The largest absolute Gasteiger partial charge is 0.482 e. The van der Waals surface area contributed by atoms with Gasteiger partial charge in [-0.2, -0.15) is 0 Å². The molecule has 35 heavy (non-hydrogen) atoms. The third-order valence-corrected chi connectivity index (χ3v) is 5.02. The highest BCUT2D eigenvalue weighted by molar-refractivity contribution is 6.08. The zero-order valence-corrected chi connectivity index (χ0v) is 18.3. The number of carbonyl (C=O) groups is 3. The molecule has 0 aliphatic carbocycles. The maximum atomic E-state index is 12.5. The highest BCUT2D eigenvalue weighted by Gasteiger charge is 2.20. The number of nitrogens with one attached hydrogen (secondary N) is 3. The van der Waals surface area contributed by atoms with E-state index in [0.717, 1.165) is 17.5 Å². The van der Waals surface area contributed by atoms with Crippen molar-refractivity contribution in [3.8, 4) is 5.75 Å². The number of amides is 2. The summed E-state index contributed by atoms with van der Waals surface area (Å²) in [6, 6.07) is 8.99. The Kier molecular flexibility index (Phi) is 6.93. The van der Waals surface area contributed by atoms with E-state index in [1.807, 2.05) is 12.1 Å². The summed E-state index contributed by atoms with van der Waals surface area (Å²) in [5.41, 5.74) is 8.15. The molecule has 1 aromatic carbocycles. The monoisotopic (exact) mass is 475 g/mol. The van der Waals surface area contributed by atoms with Crippen LogP contribution in [0.4, 0.5) is 5.69 Å². The number of pyridine rings is 1. The van der Waals surface area contributed by atoms with Crippen LogP contribution >= 0.6 is 0 Å². The summed E-state index contributed by atoms with van der Waals surface area (Å²) in [7, 11) is 0. The highest BCUT2D eigenvalue weighted by atomic mass is 16.5. The van der Waals surface area contributed by atoms with Crippen molar-refractivity contribution in [1.82, 2.24) is 25.3 Å². The van der Waals surface area contributed by atoms with E-state index in [1.54, 1.807) is 30.6 Å². The fourth-order valence-corrected chi connectivity index (χ4v) is 3.30. The van der Waals surface area contributed by atoms with Crippen LogP contribution in [0.3, 0.4) is 0 Å². The summed E-state index contributed by atoms with van der Waals surface area (Å²) in [5, 5.41) is 14.6. The van der Waals surface area contributed by atoms with E-state index in [9.17, 15) is 14.4 Å². The lowest BCUT2D eigenvalue weighted by Gasteiger charge is -2.18. The number of aromatic carboxylic acids is 1. The lowest BCUT2D eigenvalue weighted by Crippen LogP contribution is -2.26. The Labute approximate surface area is 198 Å². The summed E-state index contributed by atoms with van der Waals surface area (Å²) in [6.07, 6.45) is 5.89. The summed E-state index contributed by atoms with van der Waals surface area (Å²) < 4.78 is 5.29. The number of hydrogen-bond acceptors (Lipinski definition) is 8. The lowest BCUT2D eigenvalue weighted by molar-refractivity contribution is -0.118. The number of anilines is 1. The van der Waals surface area contributed by atoms with Crippen LogP contribution in [0.15, 0.2) is 55.2 Å². The zero-order valence-electron chi connectivity index (χ0n) is 18.3. The first-order valence-corrected chi connectivity index (χ1v) is 10.4. The number of benzene rings is 1. The molecule has 12 nitrogen and oxygen atoms in total. The molecule has 4 aromatic rings. The number of carboxylic acid groups (broad SMARTS) is 1. The zero-order chi connectivity index (χ0) is 24.8. The van der Waals surface area contributed by atoms with Crippen LogP contribution < -0.4 is 21.1 Å². The van der Waals surface area contributed by atoms with E-state index in [0.29, 0.717) is 18.0 Å². The normalized spacial score (nSPS) is 12.0. The Hall–Kier alpha value is -4.84. The van der Waals surface area contributed by atoms with E-state index >= 15 is 0 Å². The van der Waals surface area contributed by atoms with Gasteiger partial charge in [0.15, 0.2) is 12.3 Å². The summed E-state index contributed by atoms with van der Waals surface area (Å²) in [5.74, 6) is -1.31. The topological polar surface area (TPSA) is 185 Å². The van der Waals surface area contributed by atoms with Gasteiger partial charge in [0, 0.05) is 31.7 Å². The van der Waals surface area contributed by atoms with Gasteiger partial charge in [0.05, 0.1) is 11.2 Å². The van der Waals surface area contributed by atoms with E-state index in [1.165, 1.54) is 6.20 Å². The number of ether oxygens (including phenoxy) is 1. The van der Waals surface area contributed by atoms with Crippen LogP contribution in [0.5, 0.6) is 5.75 Å². The molecule has 3 aromatic heterocycles. The van der Waals surface area contributed by atoms with Crippen LogP contribution in [-0.2, 0) is 17.9 Å². The smallest absolute Gasteiger partial charge is 0.339 e. The SMILES string of the molecule is NCc1ccncc1.O=C1COc2ccc(CNC(=O)c3ncnc4c(C(=O)O)c[nH]c34)cc2N1. The molecule has 0 fully saturated rings. The molecule has 0 unspecified atom stereocenters. The first kappa shape index (κ1) is 23.3. The number of nitrogens with two attached hydrogens (primary N) is 1. The van der Waals surface area contributed by atoms with Gasteiger partial charge in [0.25, 0.3) is 11.8 Å². The van der Waals surface area contributed by atoms with Crippen molar-refractivity contribution in [2.75, 3.05) is 11.9 Å². The molecule has 5 rings (SSSR count). The van der Waals surface area contributed by atoms with Crippen molar-refractivity contribution in [2.24, 2.45) is 5.73 Å². The third-order valence-electron chi connectivity index (χ3n) is 5.02. The molecule has 0 spiro atoms. The molecular formula is C23H21N7O5. The van der Waals surface area contributed by atoms with Crippen LogP contribution in [0.25, 0.3) is 11.0 Å². The number of H-pyrrole nitrogens is 1. The minimum absolute atomic E-state index is 0.0265. The minimum Gasteiger partial charge on any atom is -0.482 e. The first-order valence-electron chi connectivity index (χ1n) is 10.4. The molecular weight excluding hydrogens is 454 g/mol. The number of carboxylic acids is 1. The quantitative estimate of drug-likeness (QED) is 0.285. The van der Waals surface area contributed by atoms with Crippen molar-refractivity contribution in [3.05, 3.63) is 77.6 Å². The average Bonchev–Trinajstić information content (AvgIpc) is 3.32. The van der Waals surface area contributed by atoms with Gasteiger partial charge in [-0.1, -0.05) is 6.07 Å². The summed E-state index contributed by atoms with van der Waals surface area (Å²) >= 11 is 0. The van der Waals surface area contributed by atoms with Crippen LogP contribution in [0.1, 0.15) is 32.0 Å². The number of fused-ring (bicyclic) bond motifs is 2. The standard InChI is InChI=1S/C17H13N5O5.C6H8N2/c23-12-6-27-11-2-1-8(3-10(11)22-12)4-19-16(24)15-14-13(20-7-21-15)9(5-18-14)17(25)26;7-5-6-1-3-8-4-2-6/h1-3,5,7,18H,4,6H2,(H,19,24)(H,22,23)(H,25,26);1-4H,5,7H2. The van der Waals surface area contributed by atoms with Crippen LogP contribution in [-0.4, -0.2) is 49.4 Å². The van der Waals surface area contributed by atoms with Gasteiger partial charge in [-0.3, -0.25) is 14.6 Å². The second-order valence-corrected chi connectivity index (χ2v) is 7.36. The number of nitrogens with zero attached hydrogens (tertiary/aromatic N) is 3. The Morgan fingerprint density at radius 3 is 2.66 bits per heavy atom. The molecule has 0 atom stereocenters. The summed E-state index contributed by atoms with van der Waals surface area (Å²) in [6.45, 7) is 0.754. The van der Waals surface area contributed by atoms with Gasteiger partial charge in [-0.05, 0) is 35.4 Å². The maximum Gasteiger partial charge on any atom is 0.339 e. The first-order chi connectivity index (χ1) is 17.0. The average molecular weight is 475 g/mol. The number of hydrogen-bond donors (Lipinski definition) is 5. The Balaban J connectivity index is 0.000000308. The van der Waals surface area contributed by atoms with Gasteiger partial charge in [-0.25, -0.2) is 14.8 Å². The molecule has 1 aliphatic rings. The van der Waals surface area contributed by atoms with Crippen LogP contribution in [0.2, 0.25) is 0 Å². The fourth-order valence-electron chi connectivity index (χ4n) is 3.30. The van der Waals surface area contributed by atoms with E-state index in [4.69, 9.17) is 15.6 Å². The second kappa shape index (κ2) is 10.4. The van der Waals surface area contributed by atoms with Gasteiger partial charge < -0.3 is 31.2 Å². The number of rotatable bonds is 5. The van der Waals surface area contributed by atoms with Crippen LogP contribution in [0, 0.1) is 0 Å². The Morgan fingerprint density at radius 1 is 1.14 bits per heavy atom. The maximum absolute atomic E-state index is 12.5. The predicted molar refractivity (Wildman–Crippen MR) is 125 cm³/mol. The van der Waals surface area contributed by atoms with Gasteiger partial charge in [-0.15, -0.1) is 0 Å². The molecule has 0 saturated carbocycles. The molecule has 4 heterocycles. The van der Waals surface area contributed by atoms with Gasteiger partial charge in [0.2, 0.25) is 0 Å². The molecule has 0 bridgehead atoms. The van der Waals surface area contributed by atoms with Gasteiger partial charge in [0.1, 0.15) is 23.2 Å². The molecule has 6 N–H and O–H groups in total. The molecule has 1 aliphatic heterocycles. The fraction of sp³-hybridized carbons (Fsp3) is 0.130. The van der Waals surface area contributed by atoms with E-state index in [-0.39, 0.29) is 41.3 Å². The molecule has 0 saturated heterocycles. The van der Waals surface area contributed by atoms with Crippen molar-refractivity contribution < 1.29 is 24.2 Å². The summed E-state index contributed by atoms with van der Waals surface area (Å²) in [4.78, 5) is 49.5. The van der Waals surface area contributed by atoms with E-state index in [2.05, 4.69) is 30.6 Å². The minimum atomic E-state index is -1.15. The molecule has 2 amide bonds. The number of aromatic amines is 1. The molecule has 0 radical (unpaired) electrons. The predicted octanol–water partition coefficient (Wildman–Crippen LogP) is 1.46.